The summed E-state index contributed by atoms with van der Waals surface area (Å²) in [6, 6.07) is 5.37. The van der Waals surface area contributed by atoms with Crippen LogP contribution in [0.25, 0.3) is 0 Å². The molecule has 0 aliphatic heterocycles. The molecule has 0 radical (unpaired) electrons. The molecule has 1 fully saturated rings. The number of methoxy groups -OCH3 is 2. The summed E-state index contributed by atoms with van der Waals surface area (Å²) in [7, 11) is 5.07. The first kappa shape index (κ1) is 13.9. The van der Waals surface area contributed by atoms with E-state index in [-0.39, 0.29) is 11.2 Å². The summed E-state index contributed by atoms with van der Waals surface area (Å²) < 4.78 is 10.5. The molecule has 1 aromatic rings. The Kier molecular flexibility index (Phi) is 4.10. The van der Waals surface area contributed by atoms with Gasteiger partial charge in [0.15, 0.2) is 5.78 Å². The standard InChI is InChI=1S/C15H21NO3/c1-16-10-15(7-4-8-15)14(17)12-9-11(18-2)5-6-13(12)19-3/h5-6,9,16H,4,7-8,10H2,1-3H3. The Labute approximate surface area is 114 Å². The summed E-state index contributed by atoms with van der Waals surface area (Å²) in [5, 5.41) is 3.13. The van der Waals surface area contributed by atoms with Crippen molar-refractivity contribution < 1.29 is 14.3 Å². The van der Waals surface area contributed by atoms with E-state index in [0.29, 0.717) is 23.6 Å². The van der Waals surface area contributed by atoms with Gasteiger partial charge in [-0.2, -0.15) is 0 Å². The van der Waals surface area contributed by atoms with E-state index >= 15 is 0 Å². The molecule has 4 heteroatoms. The van der Waals surface area contributed by atoms with Gasteiger partial charge in [0.1, 0.15) is 11.5 Å². The summed E-state index contributed by atoms with van der Waals surface area (Å²) in [6.45, 7) is 0.714. The van der Waals surface area contributed by atoms with Gasteiger partial charge in [0.05, 0.1) is 19.8 Å². The van der Waals surface area contributed by atoms with Gasteiger partial charge in [0, 0.05) is 12.0 Å². The lowest BCUT2D eigenvalue weighted by atomic mass is 9.64. The van der Waals surface area contributed by atoms with Crippen molar-refractivity contribution in [3.05, 3.63) is 23.8 Å². The fourth-order valence-corrected chi connectivity index (χ4v) is 2.70. The van der Waals surface area contributed by atoms with Gasteiger partial charge in [-0.3, -0.25) is 4.79 Å². The van der Waals surface area contributed by atoms with E-state index < -0.39 is 0 Å². The maximum Gasteiger partial charge on any atom is 0.174 e. The number of ether oxygens (including phenoxy) is 2. The van der Waals surface area contributed by atoms with Gasteiger partial charge in [0.2, 0.25) is 0 Å². The minimum absolute atomic E-state index is 0.156. The molecule has 0 unspecified atom stereocenters. The topological polar surface area (TPSA) is 47.6 Å². The minimum atomic E-state index is -0.269. The molecule has 0 bridgehead atoms. The number of carbonyl (C=O) groups is 1. The molecule has 0 spiro atoms. The molecule has 4 nitrogen and oxygen atoms in total. The van der Waals surface area contributed by atoms with Crippen LogP contribution in [0.1, 0.15) is 29.6 Å². The third kappa shape index (κ3) is 2.45. The van der Waals surface area contributed by atoms with Crippen molar-refractivity contribution in [3.8, 4) is 11.5 Å². The zero-order valence-electron chi connectivity index (χ0n) is 11.8. The van der Waals surface area contributed by atoms with E-state index in [4.69, 9.17) is 9.47 Å². The van der Waals surface area contributed by atoms with Gasteiger partial charge in [-0.1, -0.05) is 6.42 Å². The van der Waals surface area contributed by atoms with E-state index in [1.165, 1.54) is 0 Å². The Morgan fingerprint density at radius 3 is 2.53 bits per heavy atom. The smallest absolute Gasteiger partial charge is 0.174 e. The highest BCUT2D eigenvalue weighted by Crippen LogP contribution is 2.44. The van der Waals surface area contributed by atoms with Gasteiger partial charge in [-0.05, 0) is 38.1 Å². The molecule has 1 aliphatic carbocycles. The average Bonchev–Trinajstić information content (AvgIpc) is 2.41. The predicted molar refractivity (Wildman–Crippen MR) is 74.1 cm³/mol. The monoisotopic (exact) mass is 263 g/mol. The van der Waals surface area contributed by atoms with Crippen LogP contribution in [-0.4, -0.2) is 33.6 Å². The van der Waals surface area contributed by atoms with Gasteiger partial charge < -0.3 is 14.8 Å². The Balaban J connectivity index is 2.36. The molecular weight excluding hydrogens is 242 g/mol. The lowest BCUT2D eigenvalue weighted by molar-refractivity contribution is 0.0611. The quantitative estimate of drug-likeness (QED) is 0.800. The Morgan fingerprint density at radius 1 is 1.32 bits per heavy atom. The second kappa shape index (κ2) is 5.61. The highest BCUT2D eigenvalue weighted by Gasteiger charge is 2.44. The van der Waals surface area contributed by atoms with Crippen molar-refractivity contribution in [1.82, 2.24) is 5.32 Å². The lowest BCUT2D eigenvalue weighted by Gasteiger charge is -2.40. The van der Waals surface area contributed by atoms with Crippen LogP contribution < -0.4 is 14.8 Å². The zero-order valence-corrected chi connectivity index (χ0v) is 11.8. The van der Waals surface area contributed by atoms with Crippen molar-refractivity contribution in [3.63, 3.8) is 0 Å². The summed E-state index contributed by atoms with van der Waals surface area (Å²) in [5.74, 6) is 1.46. The Bertz CT molecular complexity index is 466. The van der Waals surface area contributed by atoms with Crippen LogP contribution in [0.2, 0.25) is 0 Å². The number of rotatable bonds is 6. The number of carbonyl (C=O) groups excluding carboxylic acids is 1. The van der Waals surface area contributed by atoms with Crippen LogP contribution in [0.5, 0.6) is 11.5 Å². The highest BCUT2D eigenvalue weighted by molar-refractivity contribution is 6.03. The van der Waals surface area contributed by atoms with Crippen LogP contribution in [-0.2, 0) is 0 Å². The molecule has 1 aromatic carbocycles. The van der Waals surface area contributed by atoms with Crippen LogP contribution in [0.4, 0.5) is 0 Å². The molecule has 0 heterocycles. The van der Waals surface area contributed by atoms with E-state index in [1.807, 2.05) is 7.05 Å². The highest BCUT2D eigenvalue weighted by atomic mass is 16.5. The summed E-state index contributed by atoms with van der Waals surface area (Å²) in [4.78, 5) is 12.8. The molecule has 0 amide bonds. The lowest BCUT2D eigenvalue weighted by Crippen LogP contribution is -2.45. The predicted octanol–water partition coefficient (Wildman–Crippen LogP) is 2.28. The van der Waals surface area contributed by atoms with E-state index in [0.717, 1.165) is 19.3 Å². The van der Waals surface area contributed by atoms with Crippen LogP contribution in [0, 0.1) is 5.41 Å². The second-order valence-electron chi connectivity index (χ2n) is 5.06. The van der Waals surface area contributed by atoms with Gasteiger partial charge in [-0.15, -0.1) is 0 Å². The first-order valence-corrected chi connectivity index (χ1v) is 6.58. The van der Waals surface area contributed by atoms with Crippen molar-refractivity contribution in [2.24, 2.45) is 5.41 Å². The molecule has 1 N–H and O–H groups in total. The third-order valence-electron chi connectivity index (χ3n) is 3.96. The van der Waals surface area contributed by atoms with Crippen molar-refractivity contribution in [1.29, 1.82) is 0 Å². The summed E-state index contributed by atoms with van der Waals surface area (Å²) >= 11 is 0. The number of benzene rings is 1. The number of ketones is 1. The van der Waals surface area contributed by atoms with Gasteiger partial charge in [0.25, 0.3) is 0 Å². The molecule has 0 saturated heterocycles. The van der Waals surface area contributed by atoms with E-state index in [9.17, 15) is 4.79 Å². The average molecular weight is 263 g/mol. The number of hydrogen-bond acceptors (Lipinski definition) is 4. The van der Waals surface area contributed by atoms with Crippen LogP contribution >= 0.6 is 0 Å². The van der Waals surface area contributed by atoms with Crippen molar-refractivity contribution in [2.45, 2.75) is 19.3 Å². The molecule has 1 aliphatic rings. The SMILES string of the molecule is CNCC1(C(=O)c2cc(OC)ccc2OC)CCC1. The Hall–Kier alpha value is -1.55. The number of Topliss-reactive ketones (excluding diaryl/α,β-unsaturated/α-hetero) is 1. The number of hydrogen-bond donors (Lipinski definition) is 1. The largest absolute Gasteiger partial charge is 0.497 e. The maximum atomic E-state index is 12.8. The molecule has 2 rings (SSSR count). The second-order valence-corrected chi connectivity index (χ2v) is 5.06. The van der Waals surface area contributed by atoms with E-state index in [2.05, 4.69) is 5.32 Å². The molecule has 104 valence electrons. The molecule has 1 saturated carbocycles. The molecular formula is C15H21NO3. The molecule has 0 atom stereocenters. The van der Waals surface area contributed by atoms with E-state index in [1.54, 1.807) is 32.4 Å². The molecule has 0 aromatic heterocycles. The third-order valence-corrected chi connectivity index (χ3v) is 3.96. The normalized spacial score (nSPS) is 16.6. The number of nitrogens with one attached hydrogen (secondary N) is 1. The summed E-state index contributed by atoms with van der Waals surface area (Å²) in [6.07, 6.45) is 2.99. The van der Waals surface area contributed by atoms with Gasteiger partial charge >= 0.3 is 0 Å². The van der Waals surface area contributed by atoms with Crippen LogP contribution in [0.15, 0.2) is 18.2 Å². The zero-order chi connectivity index (χ0) is 13.9. The van der Waals surface area contributed by atoms with Crippen molar-refractivity contribution in [2.75, 3.05) is 27.8 Å². The minimum Gasteiger partial charge on any atom is -0.497 e. The fourth-order valence-electron chi connectivity index (χ4n) is 2.70. The summed E-state index contributed by atoms with van der Waals surface area (Å²) in [5.41, 5.74) is 0.353. The fraction of sp³-hybridized carbons (Fsp3) is 0.533. The molecule has 19 heavy (non-hydrogen) atoms. The van der Waals surface area contributed by atoms with Gasteiger partial charge in [-0.25, -0.2) is 0 Å². The first-order valence-electron chi connectivity index (χ1n) is 6.58. The maximum absolute atomic E-state index is 12.8. The Morgan fingerprint density at radius 2 is 2.05 bits per heavy atom. The van der Waals surface area contributed by atoms with Crippen LogP contribution in [0.3, 0.4) is 0 Å². The van der Waals surface area contributed by atoms with Crippen molar-refractivity contribution >= 4 is 5.78 Å². The first-order chi connectivity index (χ1) is 9.16.